The van der Waals surface area contributed by atoms with E-state index in [9.17, 15) is 4.79 Å². The standard InChI is InChI=1S/C22H36N6O2/c1-4-23-22(24-9-10-25-11-13-26(14-12-25)19(2)29)28-17-15-27(16-18-28)20-7-5-6-8-21(20)30-3/h5-8H,4,9-18H2,1-3H3,(H,23,24). The van der Waals surface area contributed by atoms with Crippen LogP contribution in [-0.4, -0.2) is 106 Å². The molecule has 30 heavy (non-hydrogen) atoms. The lowest BCUT2D eigenvalue weighted by atomic mass is 10.2. The lowest BCUT2D eigenvalue weighted by molar-refractivity contribution is -0.130. The number of para-hydroxylation sites is 2. The summed E-state index contributed by atoms with van der Waals surface area (Å²) in [5, 5.41) is 3.45. The number of nitrogens with one attached hydrogen (secondary N) is 1. The Balaban J connectivity index is 1.50. The quantitative estimate of drug-likeness (QED) is 0.550. The summed E-state index contributed by atoms with van der Waals surface area (Å²) in [6.07, 6.45) is 0. The number of rotatable bonds is 6. The van der Waals surface area contributed by atoms with Gasteiger partial charge in [-0.1, -0.05) is 12.1 Å². The number of guanidine groups is 1. The summed E-state index contributed by atoms with van der Waals surface area (Å²) in [6.45, 7) is 13.6. The van der Waals surface area contributed by atoms with Crippen LogP contribution in [0.5, 0.6) is 5.75 Å². The molecule has 2 fully saturated rings. The first-order chi connectivity index (χ1) is 14.6. The molecule has 0 aromatic heterocycles. The van der Waals surface area contributed by atoms with Crippen molar-refractivity contribution >= 4 is 17.6 Å². The van der Waals surface area contributed by atoms with Gasteiger partial charge in [0.15, 0.2) is 5.96 Å². The summed E-state index contributed by atoms with van der Waals surface area (Å²) in [7, 11) is 1.73. The molecule has 0 radical (unpaired) electrons. The number of ether oxygens (including phenoxy) is 1. The van der Waals surface area contributed by atoms with Crippen molar-refractivity contribution in [3.05, 3.63) is 24.3 Å². The van der Waals surface area contributed by atoms with Gasteiger partial charge in [-0.05, 0) is 19.1 Å². The molecular formula is C22H36N6O2. The Bertz CT molecular complexity index is 709. The second kappa shape index (κ2) is 11.1. The second-order valence-electron chi connectivity index (χ2n) is 7.73. The van der Waals surface area contributed by atoms with E-state index in [0.717, 1.165) is 89.4 Å². The van der Waals surface area contributed by atoms with E-state index in [1.54, 1.807) is 14.0 Å². The third-order valence-corrected chi connectivity index (χ3v) is 5.84. The van der Waals surface area contributed by atoms with Crippen molar-refractivity contribution in [2.75, 3.05) is 84.0 Å². The average Bonchev–Trinajstić information content (AvgIpc) is 2.79. The molecule has 2 aliphatic rings. The summed E-state index contributed by atoms with van der Waals surface area (Å²) in [5.41, 5.74) is 1.16. The number of nitrogens with zero attached hydrogens (tertiary/aromatic N) is 5. The van der Waals surface area contributed by atoms with Crippen LogP contribution in [0.3, 0.4) is 0 Å². The maximum Gasteiger partial charge on any atom is 0.219 e. The van der Waals surface area contributed by atoms with Crippen molar-refractivity contribution in [1.29, 1.82) is 0 Å². The Labute approximate surface area is 180 Å². The number of aliphatic imine (C=N–C) groups is 1. The summed E-state index contributed by atoms with van der Waals surface area (Å²) in [5.74, 6) is 2.10. The molecule has 2 heterocycles. The highest BCUT2D eigenvalue weighted by Crippen LogP contribution is 2.28. The molecule has 1 aromatic rings. The lowest BCUT2D eigenvalue weighted by Crippen LogP contribution is -2.53. The van der Waals surface area contributed by atoms with Gasteiger partial charge in [0, 0.05) is 72.4 Å². The van der Waals surface area contributed by atoms with E-state index in [-0.39, 0.29) is 5.91 Å². The normalized spacial score (nSPS) is 18.5. The van der Waals surface area contributed by atoms with Crippen LogP contribution in [0.4, 0.5) is 5.69 Å². The van der Waals surface area contributed by atoms with Gasteiger partial charge in [0.1, 0.15) is 5.75 Å². The number of carbonyl (C=O) groups excluding carboxylic acids is 1. The fraction of sp³-hybridized carbons (Fsp3) is 0.636. The first-order valence-electron chi connectivity index (χ1n) is 11.0. The molecular weight excluding hydrogens is 380 g/mol. The van der Waals surface area contributed by atoms with E-state index in [1.807, 2.05) is 17.0 Å². The third-order valence-electron chi connectivity index (χ3n) is 5.84. The smallest absolute Gasteiger partial charge is 0.219 e. The summed E-state index contributed by atoms with van der Waals surface area (Å²) >= 11 is 0. The molecule has 0 bridgehead atoms. The van der Waals surface area contributed by atoms with Gasteiger partial charge in [-0.3, -0.25) is 14.7 Å². The monoisotopic (exact) mass is 416 g/mol. The molecule has 0 saturated carbocycles. The van der Waals surface area contributed by atoms with E-state index in [2.05, 4.69) is 39.1 Å². The van der Waals surface area contributed by atoms with Crippen LogP contribution in [0.2, 0.25) is 0 Å². The molecule has 8 nitrogen and oxygen atoms in total. The number of anilines is 1. The van der Waals surface area contributed by atoms with Crippen LogP contribution in [0, 0.1) is 0 Å². The Morgan fingerprint density at radius 1 is 1.03 bits per heavy atom. The van der Waals surface area contributed by atoms with Crippen molar-refractivity contribution in [3.63, 3.8) is 0 Å². The molecule has 0 unspecified atom stereocenters. The Kier molecular flexibility index (Phi) is 8.19. The Hall–Kier alpha value is -2.48. The maximum absolute atomic E-state index is 11.5. The van der Waals surface area contributed by atoms with E-state index in [4.69, 9.17) is 9.73 Å². The minimum atomic E-state index is 0.175. The molecule has 0 atom stereocenters. The fourth-order valence-corrected chi connectivity index (χ4v) is 4.06. The van der Waals surface area contributed by atoms with Crippen molar-refractivity contribution in [2.24, 2.45) is 4.99 Å². The average molecular weight is 417 g/mol. The number of carbonyl (C=O) groups is 1. The highest BCUT2D eigenvalue weighted by atomic mass is 16.5. The van der Waals surface area contributed by atoms with Gasteiger partial charge in [-0.15, -0.1) is 0 Å². The van der Waals surface area contributed by atoms with Gasteiger partial charge in [0.25, 0.3) is 0 Å². The van der Waals surface area contributed by atoms with Crippen LogP contribution in [0.15, 0.2) is 29.3 Å². The van der Waals surface area contributed by atoms with Crippen molar-refractivity contribution < 1.29 is 9.53 Å². The predicted octanol–water partition coefficient (Wildman–Crippen LogP) is 0.947. The van der Waals surface area contributed by atoms with Gasteiger partial charge in [-0.2, -0.15) is 0 Å². The summed E-state index contributed by atoms with van der Waals surface area (Å²) in [6, 6.07) is 8.21. The van der Waals surface area contributed by atoms with E-state index >= 15 is 0 Å². The molecule has 1 aromatic carbocycles. The highest BCUT2D eigenvalue weighted by molar-refractivity contribution is 5.80. The second-order valence-corrected chi connectivity index (χ2v) is 7.73. The molecule has 0 spiro atoms. The number of methoxy groups -OCH3 is 1. The number of benzene rings is 1. The lowest BCUT2D eigenvalue weighted by Gasteiger charge is -2.38. The number of hydrogen-bond acceptors (Lipinski definition) is 5. The minimum absolute atomic E-state index is 0.175. The molecule has 2 aliphatic heterocycles. The molecule has 3 rings (SSSR count). The summed E-state index contributed by atoms with van der Waals surface area (Å²) < 4.78 is 5.52. The minimum Gasteiger partial charge on any atom is -0.495 e. The summed E-state index contributed by atoms with van der Waals surface area (Å²) in [4.78, 5) is 25.4. The van der Waals surface area contributed by atoms with Crippen LogP contribution in [0.25, 0.3) is 0 Å². The fourth-order valence-electron chi connectivity index (χ4n) is 4.06. The predicted molar refractivity (Wildman–Crippen MR) is 121 cm³/mol. The first kappa shape index (κ1) is 22.2. The zero-order chi connectivity index (χ0) is 21.3. The molecule has 1 amide bonds. The van der Waals surface area contributed by atoms with Crippen LogP contribution in [0.1, 0.15) is 13.8 Å². The largest absolute Gasteiger partial charge is 0.495 e. The van der Waals surface area contributed by atoms with E-state index in [1.165, 1.54) is 0 Å². The Morgan fingerprint density at radius 3 is 2.33 bits per heavy atom. The SMILES string of the molecule is CCNC(=NCCN1CCN(C(C)=O)CC1)N1CCN(c2ccccc2OC)CC1. The molecule has 0 aliphatic carbocycles. The van der Waals surface area contributed by atoms with Gasteiger partial charge in [0.05, 0.1) is 19.3 Å². The zero-order valence-corrected chi connectivity index (χ0v) is 18.6. The van der Waals surface area contributed by atoms with Gasteiger partial charge < -0.3 is 24.8 Å². The van der Waals surface area contributed by atoms with Crippen LogP contribution >= 0.6 is 0 Å². The van der Waals surface area contributed by atoms with Crippen molar-refractivity contribution in [1.82, 2.24) is 20.0 Å². The van der Waals surface area contributed by atoms with Gasteiger partial charge in [0.2, 0.25) is 5.91 Å². The number of piperazine rings is 2. The number of amides is 1. The van der Waals surface area contributed by atoms with Crippen molar-refractivity contribution in [3.8, 4) is 5.75 Å². The van der Waals surface area contributed by atoms with E-state index in [0.29, 0.717) is 0 Å². The Morgan fingerprint density at radius 2 is 1.70 bits per heavy atom. The van der Waals surface area contributed by atoms with Crippen LogP contribution in [-0.2, 0) is 4.79 Å². The van der Waals surface area contributed by atoms with E-state index < -0.39 is 0 Å². The first-order valence-corrected chi connectivity index (χ1v) is 11.0. The topological polar surface area (TPSA) is 63.7 Å². The number of hydrogen-bond donors (Lipinski definition) is 1. The highest BCUT2D eigenvalue weighted by Gasteiger charge is 2.22. The molecule has 2 saturated heterocycles. The van der Waals surface area contributed by atoms with Gasteiger partial charge in [-0.25, -0.2) is 0 Å². The van der Waals surface area contributed by atoms with Crippen molar-refractivity contribution in [2.45, 2.75) is 13.8 Å². The third kappa shape index (κ3) is 5.78. The molecule has 8 heteroatoms. The molecule has 166 valence electrons. The maximum atomic E-state index is 11.5. The van der Waals surface area contributed by atoms with Gasteiger partial charge >= 0.3 is 0 Å². The molecule has 1 N–H and O–H groups in total. The zero-order valence-electron chi connectivity index (χ0n) is 18.6. The van der Waals surface area contributed by atoms with Crippen LogP contribution < -0.4 is 15.0 Å².